The lowest BCUT2D eigenvalue weighted by molar-refractivity contribution is -0.135. The lowest BCUT2D eigenvalue weighted by Gasteiger charge is -2.19. The number of carbonyl (C=O) groups excluding carboxylic acids is 1. The van der Waals surface area contributed by atoms with Gasteiger partial charge in [-0.3, -0.25) is 9.59 Å². The number of hydrogen-bond donors (Lipinski definition) is 3. The molecule has 1 heterocycles. The molecule has 6 nitrogen and oxygen atoms in total. The van der Waals surface area contributed by atoms with Crippen LogP contribution in [-0.4, -0.2) is 43.2 Å². The van der Waals surface area contributed by atoms with Crippen LogP contribution in [0, 0.1) is 5.92 Å². The maximum Gasteiger partial charge on any atom is 0.322 e. The minimum absolute atomic E-state index is 0.377. The summed E-state index contributed by atoms with van der Waals surface area (Å²) in [5, 5.41) is 14.4. The van der Waals surface area contributed by atoms with E-state index in [9.17, 15) is 9.59 Å². The number of aliphatic carboxylic acids is 1. The summed E-state index contributed by atoms with van der Waals surface area (Å²) >= 11 is 0. The van der Waals surface area contributed by atoms with Crippen LogP contribution in [0.3, 0.4) is 0 Å². The Bertz CT molecular complexity index is 747. The number of carboxylic acid groups (broad SMARTS) is 1. The second-order valence-corrected chi connectivity index (χ2v) is 6.47. The topological polar surface area (TPSA) is 81.7 Å². The van der Waals surface area contributed by atoms with Gasteiger partial charge in [-0.25, -0.2) is 0 Å². The maximum atomic E-state index is 11.8. The van der Waals surface area contributed by atoms with E-state index in [1.807, 2.05) is 18.2 Å². The highest BCUT2D eigenvalue weighted by atomic mass is 16.4. The van der Waals surface area contributed by atoms with E-state index in [1.165, 1.54) is 5.69 Å². The molecule has 1 saturated heterocycles. The standard InChI is InChI=1S/C20H23N3O3/c24-19(25)13-22-20(26)16-6-8-17(9-7-16)21-12-15-10-11-23(14-15)18-4-2-1-3-5-18/h1-9,15,21H,10-14H2,(H,22,26)(H,24,25). The summed E-state index contributed by atoms with van der Waals surface area (Å²) in [5.41, 5.74) is 2.68. The molecule has 6 heteroatoms. The number of para-hydroxylation sites is 1. The third-order valence-corrected chi connectivity index (χ3v) is 4.55. The molecule has 0 aromatic heterocycles. The quantitative estimate of drug-likeness (QED) is 0.712. The van der Waals surface area contributed by atoms with Crippen LogP contribution in [0.2, 0.25) is 0 Å². The Hall–Kier alpha value is -3.02. The van der Waals surface area contributed by atoms with Gasteiger partial charge in [-0.15, -0.1) is 0 Å². The Morgan fingerprint density at radius 3 is 2.50 bits per heavy atom. The largest absolute Gasteiger partial charge is 0.480 e. The van der Waals surface area contributed by atoms with Crippen LogP contribution in [0.25, 0.3) is 0 Å². The van der Waals surface area contributed by atoms with Gasteiger partial charge in [-0.2, -0.15) is 0 Å². The molecule has 136 valence electrons. The van der Waals surface area contributed by atoms with Crippen molar-refractivity contribution in [3.8, 4) is 0 Å². The first-order chi connectivity index (χ1) is 12.6. The molecule has 3 N–H and O–H groups in total. The van der Waals surface area contributed by atoms with E-state index in [0.29, 0.717) is 11.5 Å². The van der Waals surface area contributed by atoms with Gasteiger partial charge in [-0.05, 0) is 48.7 Å². The maximum absolute atomic E-state index is 11.8. The lowest BCUT2D eigenvalue weighted by atomic mass is 10.1. The lowest BCUT2D eigenvalue weighted by Crippen LogP contribution is -2.29. The van der Waals surface area contributed by atoms with Crippen LogP contribution in [0.4, 0.5) is 11.4 Å². The molecule has 2 aromatic rings. The molecule has 3 rings (SSSR count). The van der Waals surface area contributed by atoms with Crippen LogP contribution in [-0.2, 0) is 4.79 Å². The number of hydrogen-bond acceptors (Lipinski definition) is 4. The second-order valence-electron chi connectivity index (χ2n) is 6.47. The number of benzene rings is 2. The number of carboxylic acids is 1. The van der Waals surface area contributed by atoms with Crippen LogP contribution in [0.1, 0.15) is 16.8 Å². The van der Waals surface area contributed by atoms with Crippen molar-refractivity contribution in [1.29, 1.82) is 0 Å². The van der Waals surface area contributed by atoms with Gasteiger partial charge in [-0.1, -0.05) is 18.2 Å². The molecule has 1 amide bonds. The fourth-order valence-electron chi connectivity index (χ4n) is 3.13. The first-order valence-corrected chi connectivity index (χ1v) is 8.76. The van der Waals surface area contributed by atoms with Crippen molar-refractivity contribution in [2.45, 2.75) is 6.42 Å². The second kappa shape index (κ2) is 8.38. The Kier molecular flexibility index (Phi) is 5.73. The number of rotatable bonds is 7. The highest BCUT2D eigenvalue weighted by molar-refractivity contribution is 5.96. The van der Waals surface area contributed by atoms with Crippen molar-refractivity contribution in [2.24, 2.45) is 5.92 Å². The van der Waals surface area contributed by atoms with Gasteiger partial charge in [0.2, 0.25) is 0 Å². The van der Waals surface area contributed by atoms with Gasteiger partial charge in [0.25, 0.3) is 5.91 Å². The summed E-state index contributed by atoms with van der Waals surface area (Å²) in [7, 11) is 0. The molecule has 0 saturated carbocycles. The average molecular weight is 353 g/mol. The molecule has 0 spiro atoms. The first kappa shape index (κ1) is 17.8. The molecule has 2 aromatic carbocycles. The number of anilines is 2. The summed E-state index contributed by atoms with van der Waals surface area (Å²) in [6, 6.07) is 17.5. The van der Waals surface area contributed by atoms with Crippen LogP contribution in [0.15, 0.2) is 54.6 Å². The molecular formula is C20H23N3O3. The van der Waals surface area contributed by atoms with E-state index in [-0.39, 0.29) is 12.5 Å². The predicted octanol–water partition coefficient (Wildman–Crippen LogP) is 2.44. The number of nitrogens with zero attached hydrogens (tertiary/aromatic N) is 1. The normalized spacial score (nSPS) is 16.3. The monoisotopic (exact) mass is 353 g/mol. The Labute approximate surface area is 152 Å². The van der Waals surface area contributed by atoms with E-state index < -0.39 is 5.97 Å². The highest BCUT2D eigenvalue weighted by Gasteiger charge is 2.22. The summed E-state index contributed by atoms with van der Waals surface area (Å²) in [4.78, 5) is 24.7. The Balaban J connectivity index is 1.47. The average Bonchev–Trinajstić information content (AvgIpc) is 3.14. The fourth-order valence-corrected chi connectivity index (χ4v) is 3.13. The zero-order valence-corrected chi connectivity index (χ0v) is 14.5. The van der Waals surface area contributed by atoms with Crippen molar-refractivity contribution in [1.82, 2.24) is 5.32 Å². The van der Waals surface area contributed by atoms with Crippen LogP contribution < -0.4 is 15.5 Å². The minimum atomic E-state index is -1.06. The third kappa shape index (κ3) is 4.75. The smallest absolute Gasteiger partial charge is 0.322 e. The molecule has 1 aliphatic rings. The number of amides is 1. The van der Waals surface area contributed by atoms with Crippen LogP contribution in [0.5, 0.6) is 0 Å². The van der Waals surface area contributed by atoms with Crippen molar-refractivity contribution >= 4 is 23.3 Å². The Morgan fingerprint density at radius 1 is 1.08 bits per heavy atom. The molecule has 1 aliphatic heterocycles. The SMILES string of the molecule is O=C(O)CNC(=O)c1ccc(NCC2CCN(c3ccccc3)C2)cc1. The number of nitrogens with one attached hydrogen (secondary N) is 2. The van der Waals surface area contributed by atoms with Gasteiger partial charge in [0, 0.05) is 36.6 Å². The molecule has 0 aliphatic carbocycles. The van der Waals surface area contributed by atoms with E-state index in [0.717, 1.165) is 31.7 Å². The van der Waals surface area contributed by atoms with Crippen molar-refractivity contribution < 1.29 is 14.7 Å². The van der Waals surface area contributed by atoms with Gasteiger partial charge >= 0.3 is 5.97 Å². The van der Waals surface area contributed by atoms with Gasteiger partial charge < -0.3 is 20.6 Å². The molecule has 26 heavy (non-hydrogen) atoms. The summed E-state index contributed by atoms with van der Waals surface area (Å²) in [6.45, 7) is 2.61. The minimum Gasteiger partial charge on any atom is -0.480 e. The van der Waals surface area contributed by atoms with E-state index >= 15 is 0 Å². The van der Waals surface area contributed by atoms with E-state index in [1.54, 1.807) is 12.1 Å². The molecule has 1 atom stereocenters. The first-order valence-electron chi connectivity index (χ1n) is 8.76. The van der Waals surface area contributed by atoms with Gasteiger partial charge in [0.15, 0.2) is 0 Å². The van der Waals surface area contributed by atoms with Gasteiger partial charge in [0.1, 0.15) is 6.54 Å². The zero-order valence-electron chi connectivity index (χ0n) is 14.5. The molecule has 0 bridgehead atoms. The summed E-state index contributed by atoms with van der Waals surface area (Å²) in [6.07, 6.45) is 1.15. The van der Waals surface area contributed by atoms with Gasteiger partial charge in [0.05, 0.1) is 0 Å². The summed E-state index contributed by atoms with van der Waals surface area (Å²) in [5.74, 6) is -0.861. The van der Waals surface area contributed by atoms with Crippen molar-refractivity contribution in [3.05, 3.63) is 60.2 Å². The number of carbonyl (C=O) groups is 2. The van der Waals surface area contributed by atoms with Crippen LogP contribution >= 0.6 is 0 Å². The molecule has 0 radical (unpaired) electrons. The van der Waals surface area contributed by atoms with E-state index in [4.69, 9.17) is 5.11 Å². The van der Waals surface area contributed by atoms with Crippen molar-refractivity contribution in [3.63, 3.8) is 0 Å². The fraction of sp³-hybridized carbons (Fsp3) is 0.300. The predicted molar refractivity (Wildman–Crippen MR) is 102 cm³/mol. The van der Waals surface area contributed by atoms with E-state index in [2.05, 4.69) is 39.8 Å². The third-order valence-electron chi connectivity index (χ3n) is 4.55. The zero-order chi connectivity index (χ0) is 18.4. The Morgan fingerprint density at radius 2 is 1.81 bits per heavy atom. The molecule has 1 fully saturated rings. The summed E-state index contributed by atoms with van der Waals surface area (Å²) < 4.78 is 0. The van der Waals surface area contributed by atoms with Crippen molar-refractivity contribution in [2.75, 3.05) is 36.4 Å². The highest BCUT2D eigenvalue weighted by Crippen LogP contribution is 2.23. The molecule has 1 unspecified atom stereocenters. The molecular weight excluding hydrogens is 330 g/mol.